The molecule has 6 heteroatoms. The zero-order valence-corrected chi connectivity index (χ0v) is 13.6. The van der Waals surface area contributed by atoms with Crippen molar-refractivity contribution < 1.29 is 8.42 Å². The number of nitrogens with one attached hydrogen (secondary N) is 1. The molecule has 0 saturated heterocycles. The van der Waals surface area contributed by atoms with Crippen molar-refractivity contribution in [2.75, 3.05) is 6.54 Å². The number of hydrogen-bond acceptors (Lipinski definition) is 4. The summed E-state index contributed by atoms with van der Waals surface area (Å²) in [5, 5.41) is 0. The summed E-state index contributed by atoms with van der Waals surface area (Å²) in [5.74, 6) is 0. The van der Waals surface area contributed by atoms with E-state index in [0.29, 0.717) is 23.7 Å². The van der Waals surface area contributed by atoms with Crippen molar-refractivity contribution in [3.63, 3.8) is 0 Å². The molecule has 0 spiro atoms. The molecule has 1 aromatic carbocycles. The zero-order valence-electron chi connectivity index (χ0n) is 12.0. The van der Waals surface area contributed by atoms with Crippen LogP contribution in [-0.2, 0) is 29.4 Å². The Hall–Kier alpha value is -1.21. The van der Waals surface area contributed by atoms with Crippen molar-refractivity contribution in [2.24, 2.45) is 5.73 Å². The second-order valence-corrected chi connectivity index (χ2v) is 7.87. The first-order valence-corrected chi connectivity index (χ1v) is 9.22. The zero-order chi connectivity index (χ0) is 15.3. The molecule has 1 heterocycles. The number of nitrogens with two attached hydrogens (primary N) is 1. The molecule has 0 aliphatic carbocycles. The second kappa shape index (κ2) is 7.17. The van der Waals surface area contributed by atoms with Gasteiger partial charge in [0.15, 0.2) is 0 Å². The predicted octanol–water partition coefficient (Wildman–Crippen LogP) is 2.29. The minimum absolute atomic E-state index is 0.316. The van der Waals surface area contributed by atoms with Gasteiger partial charge in [0, 0.05) is 11.4 Å². The summed E-state index contributed by atoms with van der Waals surface area (Å²) in [6, 6.07) is 11.3. The van der Waals surface area contributed by atoms with Crippen molar-refractivity contribution in [1.29, 1.82) is 0 Å². The van der Waals surface area contributed by atoms with Crippen LogP contribution in [0.3, 0.4) is 0 Å². The quantitative estimate of drug-likeness (QED) is 0.821. The highest BCUT2D eigenvalue weighted by Crippen LogP contribution is 2.22. The van der Waals surface area contributed by atoms with Crippen LogP contribution in [0.25, 0.3) is 0 Å². The highest BCUT2D eigenvalue weighted by Gasteiger charge is 2.16. The Morgan fingerprint density at radius 2 is 1.86 bits per heavy atom. The molecule has 0 radical (unpaired) electrons. The van der Waals surface area contributed by atoms with Gasteiger partial charge in [0.05, 0.1) is 0 Å². The fourth-order valence-electron chi connectivity index (χ4n) is 2.10. The smallest absolute Gasteiger partial charge is 0.250 e. The monoisotopic (exact) mass is 324 g/mol. The minimum atomic E-state index is -3.45. The number of rotatable bonds is 7. The van der Waals surface area contributed by atoms with E-state index in [1.807, 2.05) is 30.3 Å². The van der Waals surface area contributed by atoms with E-state index >= 15 is 0 Å². The number of aryl methyl sites for hydroxylation is 1. The number of hydrogen-bond donors (Lipinski definition) is 2. The van der Waals surface area contributed by atoms with Crippen molar-refractivity contribution in [1.82, 2.24) is 4.72 Å². The van der Waals surface area contributed by atoms with Gasteiger partial charge in [-0.25, -0.2) is 13.1 Å². The van der Waals surface area contributed by atoms with Crippen LogP contribution >= 0.6 is 11.3 Å². The van der Waals surface area contributed by atoms with E-state index < -0.39 is 10.0 Å². The molecule has 0 bridgehead atoms. The molecule has 4 nitrogen and oxygen atoms in total. The summed E-state index contributed by atoms with van der Waals surface area (Å²) in [7, 11) is -3.45. The molecule has 0 atom stereocenters. The molecule has 2 aromatic rings. The second-order valence-electron chi connectivity index (χ2n) is 4.71. The maximum Gasteiger partial charge on any atom is 0.250 e. The Labute approximate surface area is 130 Å². The van der Waals surface area contributed by atoms with Gasteiger partial charge in [0.25, 0.3) is 0 Å². The Morgan fingerprint density at radius 3 is 2.52 bits per heavy atom. The van der Waals surface area contributed by atoms with Gasteiger partial charge >= 0.3 is 0 Å². The summed E-state index contributed by atoms with van der Waals surface area (Å²) in [6.45, 7) is 2.90. The first kappa shape index (κ1) is 16.2. The fourth-order valence-corrected chi connectivity index (χ4v) is 4.52. The Kier molecular flexibility index (Phi) is 5.52. The Bertz CT molecular complexity index is 693. The lowest BCUT2D eigenvalue weighted by Crippen LogP contribution is -2.23. The van der Waals surface area contributed by atoms with Crippen molar-refractivity contribution >= 4 is 21.4 Å². The summed E-state index contributed by atoms with van der Waals surface area (Å²) in [6.07, 6.45) is 1.59. The molecule has 21 heavy (non-hydrogen) atoms. The molecule has 114 valence electrons. The maximum absolute atomic E-state index is 12.3. The van der Waals surface area contributed by atoms with Crippen molar-refractivity contribution in [3.8, 4) is 0 Å². The Balaban J connectivity index is 2.10. The van der Waals surface area contributed by atoms with Crippen LogP contribution in [0, 0.1) is 0 Å². The predicted molar refractivity (Wildman–Crippen MR) is 86.9 cm³/mol. The van der Waals surface area contributed by atoms with Gasteiger partial charge in [0.1, 0.15) is 4.21 Å². The van der Waals surface area contributed by atoms with E-state index in [1.165, 1.54) is 11.3 Å². The molecule has 0 unspecified atom stereocenters. The third-order valence-electron chi connectivity index (χ3n) is 3.24. The van der Waals surface area contributed by atoms with Crippen molar-refractivity contribution in [2.45, 2.75) is 30.5 Å². The summed E-state index contributed by atoms with van der Waals surface area (Å²) in [5.41, 5.74) is 7.67. The van der Waals surface area contributed by atoms with Crippen molar-refractivity contribution in [3.05, 3.63) is 52.4 Å². The molecular formula is C15H20N2O2S2. The lowest BCUT2D eigenvalue weighted by molar-refractivity contribution is 0.583. The molecular weight excluding hydrogens is 304 g/mol. The largest absolute Gasteiger partial charge is 0.330 e. The van der Waals surface area contributed by atoms with Gasteiger partial charge in [-0.15, -0.1) is 11.3 Å². The molecule has 2 rings (SSSR count). The van der Waals surface area contributed by atoms with Gasteiger partial charge in [-0.1, -0.05) is 31.2 Å². The standard InChI is InChI=1S/C15H20N2O2S2/c1-2-12-5-3-4-6-13(12)11-17-21(18,19)15-8-7-14(20-15)9-10-16/h3-8,17H,2,9-11,16H2,1H3. The summed E-state index contributed by atoms with van der Waals surface area (Å²) >= 11 is 1.28. The third-order valence-corrected chi connectivity index (χ3v) is 6.28. The maximum atomic E-state index is 12.3. The first-order chi connectivity index (χ1) is 10.1. The molecule has 0 fully saturated rings. The van der Waals surface area contributed by atoms with E-state index in [0.717, 1.165) is 22.4 Å². The van der Waals surface area contributed by atoms with Gasteiger partial charge in [-0.05, 0) is 42.6 Å². The van der Waals surface area contributed by atoms with E-state index in [9.17, 15) is 8.42 Å². The highest BCUT2D eigenvalue weighted by molar-refractivity contribution is 7.91. The average molecular weight is 324 g/mol. The van der Waals surface area contributed by atoms with E-state index in [1.54, 1.807) is 6.07 Å². The number of sulfonamides is 1. The normalized spacial score (nSPS) is 11.7. The topological polar surface area (TPSA) is 72.2 Å². The van der Waals surface area contributed by atoms with Crippen LogP contribution < -0.4 is 10.5 Å². The van der Waals surface area contributed by atoms with Gasteiger partial charge in [0.2, 0.25) is 10.0 Å². The van der Waals surface area contributed by atoms with Crippen LogP contribution in [0.1, 0.15) is 22.9 Å². The van der Waals surface area contributed by atoms with Crippen LogP contribution in [0.4, 0.5) is 0 Å². The molecule has 0 aliphatic heterocycles. The lowest BCUT2D eigenvalue weighted by Gasteiger charge is -2.09. The van der Waals surface area contributed by atoms with Crippen LogP contribution in [0.5, 0.6) is 0 Å². The molecule has 1 aromatic heterocycles. The van der Waals surface area contributed by atoms with E-state index in [-0.39, 0.29) is 0 Å². The van der Waals surface area contributed by atoms with Gasteiger partial charge in [-0.2, -0.15) is 0 Å². The highest BCUT2D eigenvalue weighted by atomic mass is 32.2. The van der Waals surface area contributed by atoms with Gasteiger partial charge in [-0.3, -0.25) is 0 Å². The average Bonchev–Trinajstić information content (AvgIpc) is 2.95. The molecule has 3 N–H and O–H groups in total. The number of thiophene rings is 1. The number of benzene rings is 1. The van der Waals surface area contributed by atoms with Crippen LogP contribution in [-0.4, -0.2) is 15.0 Å². The van der Waals surface area contributed by atoms with Gasteiger partial charge < -0.3 is 5.73 Å². The van der Waals surface area contributed by atoms with E-state index in [4.69, 9.17) is 5.73 Å². The molecule has 0 saturated carbocycles. The van der Waals surface area contributed by atoms with Crippen LogP contribution in [0.2, 0.25) is 0 Å². The summed E-state index contributed by atoms with van der Waals surface area (Å²) < 4.78 is 27.6. The SMILES string of the molecule is CCc1ccccc1CNS(=O)(=O)c1ccc(CCN)s1. The lowest BCUT2D eigenvalue weighted by atomic mass is 10.1. The first-order valence-electron chi connectivity index (χ1n) is 6.92. The van der Waals surface area contributed by atoms with Crippen LogP contribution in [0.15, 0.2) is 40.6 Å². The Morgan fingerprint density at radius 1 is 1.14 bits per heavy atom. The summed E-state index contributed by atoms with van der Waals surface area (Å²) in [4.78, 5) is 0.992. The van der Waals surface area contributed by atoms with E-state index in [2.05, 4.69) is 11.6 Å². The third kappa shape index (κ3) is 4.14. The molecule has 0 amide bonds. The minimum Gasteiger partial charge on any atom is -0.330 e. The molecule has 0 aliphatic rings. The fraction of sp³-hybridized carbons (Fsp3) is 0.333.